The van der Waals surface area contributed by atoms with Crippen LogP contribution in [-0.2, 0) is 14.3 Å². The van der Waals surface area contributed by atoms with Crippen molar-refractivity contribution in [2.75, 3.05) is 0 Å². The summed E-state index contributed by atoms with van der Waals surface area (Å²) in [6, 6.07) is 0. The lowest BCUT2D eigenvalue weighted by Gasteiger charge is -2.02. The molecule has 0 spiro atoms. The molecule has 0 aliphatic carbocycles. The molecule has 1 heterocycles. The van der Waals surface area contributed by atoms with Crippen LogP contribution in [-0.4, -0.2) is 17.7 Å². The molecule has 0 amide bonds. The van der Waals surface area contributed by atoms with Crippen molar-refractivity contribution < 1.29 is 14.3 Å². The Balaban J connectivity index is 2.22. The van der Waals surface area contributed by atoms with Gasteiger partial charge >= 0.3 is 0 Å². The second-order valence-electron chi connectivity index (χ2n) is 3.31. The van der Waals surface area contributed by atoms with E-state index in [9.17, 15) is 9.59 Å². The molecule has 3 nitrogen and oxygen atoms in total. The van der Waals surface area contributed by atoms with Gasteiger partial charge in [0.2, 0.25) is 0 Å². The van der Waals surface area contributed by atoms with Gasteiger partial charge in [0.25, 0.3) is 0 Å². The molecule has 3 heteroatoms. The molecule has 0 aromatic rings. The molecule has 1 atom stereocenters. The van der Waals surface area contributed by atoms with E-state index in [2.05, 4.69) is 0 Å². The fourth-order valence-corrected chi connectivity index (χ4v) is 1.12. The van der Waals surface area contributed by atoms with Gasteiger partial charge in [-0.1, -0.05) is 0 Å². The van der Waals surface area contributed by atoms with Crippen molar-refractivity contribution >= 4 is 11.6 Å². The number of carbonyl (C=O) groups excluding carboxylic acids is 2. The van der Waals surface area contributed by atoms with Crippen LogP contribution in [0.25, 0.3) is 0 Å². The van der Waals surface area contributed by atoms with Crippen LogP contribution in [0.3, 0.4) is 0 Å². The maximum absolute atomic E-state index is 11.2. The van der Waals surface area contributed by atoms with Crippen LogP contribution in [0.15, 0.2) is 24.5 Å². The molecular weight excluding hydrogens is 180 g/mol. The van der Waals surface area contributed by atoms with Crippen LogP contribution in [0.4, 0.5) is 0 Å². The van der Waals surface area contributed by atoms with Crippen LogP contribution in [0.5, 0.6) is 0 Å². The van der Waals surface area contributed by atoms with Crippen molar-refractivity contribution in [2.45, 2.75) is 32.3 Å². The first-order valence-corrected chi connectivity index (χ1v) is 4.69. The zero-order chi connectivity index (χ0) is 10.4. The van der Waals surface area contributed by atoms with Crippen LogP contribution in [0, 0.1) is 0 Å². The third kappa shape index (κ3) is 4.03. The summed E-state index contributed by atoms with van der Waals surface area (Å²) in [5.74, 6) is 0.0289. The van der Waals surface area contributed by atoms with E-state index >= 15 is 0 Å². The second-order valence-corrected chi connectivity index (χ2v) is 3.31. The first kappa shape index (κ1) is 10.7. The first-order chi connectivity index (χ1) is 6.68. The highest BCUT2D eigenvalue weighted by Gasteiger charge is 2.07. The van der Waals surface area contributed by atoms with Gasteiger partial charge in [-0.3, -0.25) is 4.79 Å². The Hall–Kier alpha value is -1.38. The van der Waals surface area contributed by atoms with E-state index in [1.54, 1.807) is 12.3 Å². The van der Waals surface area contributed by atoms with Gasteiger partial charge in [0.15, 0.2) is 5.78 Å². The van der Waals surface area contributed by atoms with Gasteiger partial charge in [-0.15, -0.1) is 0 Å². The molecule has 0 bridgehead atoms. The number of ether oxygens (including phenoxy) is 1. The van der Waals surface area contributed by atoms with Crippen molar-refractivity contribution in [1.82, 2.24) is 0 Å². The number of Topliss-reactive ketones (excluding diaryl/α,β-unsaturated/α-hetero) is 1. The van der Waals surface area contributed by atoms with Crippen molar-refractivity contribution in [3.63, 3.8) is 0 Å². The summed E-state index contributed by atoms with van der Waals surface area (Å²) in [5.41, 5.74) is 0. The summed E-state index contributed by atoms with van der Waals surface area (Å²) in [5, 5.41) is 0. The Labute approximate surface area is 83.4 Å². The molecule has 0 radical (unpaired) electrons. The Kier molecular flexibility index (Phi) is 4.11. The molecule has 1 aliphatic heterocycles. The molecule has 1 rings (SSSR count). The molecule has 1 unspecified atom stereocenters. The van der Waals surface area contributed by atoms with Crippen molar-refractivity contribution in [2.24, 2.45) is 0 Å². The monoisotopic (exact) mass is 194 g/mol. The minimum Gasteiger partial charge on any atom is -0.494 e. The number of carbonyl (C=O) groups is 2. The van der Waals surface area contributed by atoms with Gasteiger partial charge in [0.1, 0.15) is 11.9 Å². The molecule has 0 aromatic heterocycles. The van der Waals surface area contributed by atoms with E-state index in [1.807, 2.05) is 6.08 Å². The summed E-state index contributed by atoms with van der Waals surface area (Å²) in [6.07, 6.45) is 8.22. The lowest BCUT2D eigenvalue weighted by molar-refractivity contribution is -0.120. The van der Waals surface area contributed by atoms with E-state index in [4.69, 9.17) is 4.74 Å². The zero-order valence-corrected chi connectivity index (χ0v) is 8.23. The second kappa shape index (κ2) is 5.37. The minimum absolute atomic E-state index is 0.00345. The molecule has 0 fully saturated rings. The van der Waals surface area contributed by atoms with E-state index in [0.717, 1.165) is 6.42 Å². The Bertz CT molecular complexity index is 268. The van der Waals surface area contributed by atoms with Crippen molar-refractivity contribution in [3.8, 4) is 0 Å². The lowest BCUT2D eigenvalue weighted by Crippen LogP contribution is -2.02. The Morgan fingerprint density at radius 2 is 2.29 bits per heavy atom. The van der Waals surface area contributed by atoms with Crippen molar-refractivity contribution in [3.05, 3.63) is 24.5 Å². The Morgan fingerprint density at radius 3 is 2.86 bits per heavy atom. The SMILES string of the molecule is CC(=O)CCC(=O)/C=C/C1CC=CO1. The summed E-state index contributed by atoms with van der Waals surface area (Å²) >= 11 is 0. The summed E-state index contributed by atoms with van der Waals surface area (Å²) in [7, 11) is 0. The normalized spacial score (nSPS) is 19.9. The fourth-order valence-electron chi connectivity index (χ4n) is 1.12. The standard InChI is InChI=1S/C11H14O3/c1-9(12)4-5-10(13)6-7-11-3-2-8-14-11/h2,6-8,11H,3-5H2,1H3/b7-6+. The molecule has 0 saturated carbocycles. The van der Waals surface area contributed by atoms with Crippen LogP contribution < -0.4 is 0 Å². The molecule has 0 aromatic carbocycles. The average Bonchev–Trinajstić information content (AvgIpc) is 2.63. The fraction of sp³-hybridized carbons (Fsp3) is 0.455. The van der Waals surface area contributed by atoms with Crippen LogP contribution in [0.2, 0.25) is 0 Å². The predicted octanol–water partition coefficient (Wildman–Crippen LogP) is 1.78. The highest BCUT2D eigenvalue weighted by Crippen LogP contribution is 2.09. The third-order valence-electron chi connectivity index (χ3n) is 1.94. The van der Waals surface area contributed by atoms with Gasteiger partial charge in [-0.05, 0) is 25.2 Å². The van der Waals surface area contributed by atoms with Gasteiger partial charge in [-0.25, -0.2) is 0 Å². The third-order valence-corrected chi connectivity index (χ3v) is 1.94. The molecular formula is C11H14O3. The maximum Gasteiger partial charge on any atom is 0.155 e. The summed E-state index contributed by atoms with van der Waals surface area (Å²) in [6.45, 7) is 1.49. The highest BCUT2D eigenvalue weighted by atomic mass is 16.5. The minimum atomic E-state index is -0.0179. The van der Waals surface area contributed by atoms with E-state index in [0.29, 0.717) is 12.8 Å². The van der Waals surface area contributed by atoms with Gasteiger partial charge in [0.05, 0.1) is 6.26 Å². The molecule has 0 N–H and O–H groups in total. The molecule has 1 aliphatic rings. The quantitative estimate of drug-likeness (QED) is 0.626. The van der Waals surface area contributed by atoms with E-state index in [1.165, 1.54) is 13.0 Å². The smallest absolute Gasteiger partial charge is 0.155 e. The number of ketones is 2. The molecule has 14 heavy (non-hydrogen) atoms. The number of allylic oxidation sites excluding steroid dienone is 1. The summed E-state index contributed by atoms with van der Waals surface area (Å²) < 4.78 is 5.14. The largest absolute Gasteiger partial charge is 0.494 e. The highest BCUT2D eigenvalue weighted by molar-refractivity contribution is 5.92. The van der Waals surface area contributed by atoms with E-state index < -0.39 is 0 Å². The maximum atomic E-state index is 11.2. The molecule has 76 valence electrons. The number of rotatable bonds is 5. The number of hydrogen-bond donors (Lipinski definition) is 0. The van der Waals surface area contributed by atoms with Gasteiger partial charge in [-0.2, -0.15) is 0 Å². The predicted molar refractivity (Wildman–Crippen MR) is 52.7 cm³/mol. The lowest BCUT2D eigenvalue weighted by atomic mass is 10.1. The summed E-state index contributed by atoms with van der Waals surface area (Å²) in [4.78, 5) is 21.8. The van der Waals surface area contributed by atoms with Gasteiger partial charge < -0.3 is 9.53 Å². The zero-order valence-electron chi connectivity index (χ0n) is 8.23. The molecule has 0 saturated heterocycles. The number of hydrogen-bond acceptors (Lipinski definition) is 3. The van der Waals surface area contributed by atoms with Gasteiger partial charge in [0, 0.05) is 19.3 Å². The first-order valence-electron chi connectivity index (χ1n) is 4.69. The topological polar surface area (TPSA) is 43.4 Å². The van der Waals surface area contributed by atoms with E-state index in [-0.39, 0.29) is 17.7 Å². The van der Waals surface area contributed by atoms with Crippen LogP contribution in [0.1, 0.15) is 26.2 Å². The average molecular weight is 194 g/mol. The van der Waals surface area contributed by atoms with Crippen molar-refractivity contribution in [1.29, 1.82) is 0 Å². The van der Waals surface area contributed by atoms with Crippen LogP contribution >= 0.6 is 0 Å². The Morgan fingerprint density at radius 1 is 1.50 bits per heavy atom.